The van der Waals surface area contributed by atoms with Gasteiger partial charge < -0.3 is 20.5 Å². The molecule has 0 bridgehead atoms. The maximum atomic E-state index is 10.8. The van der Waals surface area contributed by atoms with Crippen molar-refractivity contribution in [2.24, 2.45) is 0 Å². The van der Waals surface area contributed by atoms with Gasteiger partial charge in [0.25, 0.3) is 5.69 Å². The van der Waals surface area contributed by atoms with Gasteiger partial charge in [0, 0.05) is 12.6 Å². The predicted octanol–water partition coefficient (Wildman–Crippen LogP) is 3.38. The molecule has 7 heteroatoms. The van der Waals surface area contributed by atoms with Gasteiger partial charge in [-0.25, -0.2) is 0 Å². The summed E-state index contributed by atoms with van der Waals surface area (Å²) < 4.78 is 11.3. The fraction of sp³-hybridized carbons (Fsp3) is 0.294. The van der Waals surface area contributed by atoms with Crippen LogP contribution in [0, 0.1) is 17.0 Å². The summed E-state index contributed by atoms with van der Waals surface area (Å²) in [5.74, 6) is 1.02. The molecule has 0 radical (unpaired) electrons. The number of benzene rings is 2. The minimum atomic E-state index is -0.488. The van der Waals surface area contributed by atoms with Crippen molar-refractivity contribution in [2.75, 3.05) is 30.8 Å². The number of nitrogens with zero attached hydrogens (tertiary/aromatic N) is 1. The van der Waals surface area contributed by atoms with Crippen molar-refractivity contribution in [3.63, 3.8) is 0 Å². The van der Waals surface area contributed by atoms with Crippen molar-refractivity contribution >= 4 is 17.1 Å². The molecule has 3 N–H and O–H groups in total. The zero-order chi connectivity index (χ0) is 17.5. The fourth-order valence-electron chi connectivity index (χ4n) is 2.15. The van der Waals surface area contributed by atoms with Gasteiger partial charge >= 0.3 is 0 Å². The van der Waals surface area contributed by atoms with E-state index in [1.165, 1.54) is 18.2 Å². The van der Waals surface area contributed by atoms with Crippen LogP contribution < -0.4 is 20.5 Å². The normalized spacial score (nSPS) is 10.2. The van der Waals surface area contributed by atoms with Gasteiger partial charge in [0.15, 0.2) is 0 Å². The molecule has 0 aromatic heterocycles. The lowest BCUT2D eigenvalue weighted by Crippen LogP contribution is -2.11. The van der Waals surface area contributed by atoms with Crippen molar-refractivity contribution in [1.29, 1.82) is 0 Å². The van der Waals surface area contributed by atoms with E-state index in [0.717, 1.165) is 23.5 Å². The highest BCUT2D eigenvalue weighted by Crippen LogP contribution is 2.27. The second-order valence-corrected chi connectivity index (χ2v) is 5.21. The van der Waals surface area contributed by atoms with Crippen LogP contribution in [-0.2, 0) is 0 Å². The average Bonchev–Trinajstić information content (AvgIpc) is 2.55. The van der Waals surface area contributed by atoms with E-state index in [9.17, 15) is 10.1 Å². The van der Waals surface area contributed by atoms with Crippen LogP contribution in [0.1, 0.15) is 12.5 Å². The topological polar surface area (TPSA) is 99.6 Å². The first kappa shape index (κ1) is 17.4. The third-order valence-electron chi connectivity index (χ3n) is 3.31. The number of rotatable bonds is 8. The molecule has 2 aromatic rings. The highest BCUT2D eigenvalue weighted by molar-refractivity contribution is 5.58. The lowest BCUT2D eigenvalue weighted by molar-refractivity contribution is -0.384. The number of hydrogen-bond acceptors (Lipinski definition) is 6. The number of ether oxygens (including phenoxy) is 2. The summed E-state index contributed by atoms with van der Waals surface area (Å²) >= 11 is 0. The van der Waals surface area contributed by atoms with E-state index in [2.05, 4.69) is 5.32 Å². The minimum absolute atomic E-state index is 0.0618. The summed E-state index contributed by atoms with van der Waals surface area (Å²) in [4.78, 5) is 10.3. The molecule has 0 aliphatic rings. The number of aryl methyl sites for hydroxylation is 1. The summed E-state index contributed by atoms with van der Waals surface area (Å²) in [6.45, 7) is 5.32. The smallest absolute Gasteiger partial charge is 0.273 e. The quantitative estimate of drug-likeness (QED) is 0.333. The molecule has 128 valence electrons. The van der Waals surface area contributed by atoms with E-state index in [0.29, 0.717) is 12.3 Å². The van der Waals surface area contributed by atoms with E-state index in [4.69, 9.17) is 15.2 Å². The van der Waals surface area contributed by atoms with Gasteiger partial charge in [-0.3, -0.25) is 10.1 Å². The molecular formula is C17H21N3O4. The number of nitrogen functional groups attached to an aromatic ring is 1. The Bertz CT molecular complexity index is 719. The minimum Gasteiger partial charge on any atom is -0.488 e. The van der Waals surface area contributed by atoms with Crippen molar-refractivity contribution < 1.29 is 14.4 Å². The standard InChI is InChI=1S/C17H21N3O4/c1-3-19-15-7-4-12(2)10-17(15)24-9-8-23-16-11-13(20(21)22)5-6-14(16)18/h4-7,10-11,19H,3,8-9,18H2,1-2H3. The number of non-ortho nitro benzene ring substituents is 1. The molecule has 0 saturated carbocycles. The summed E-state index contributed by atoms with van der Waals surface area (Å²) in [6.07, 6.45) is 0. The SMILES string of the molecule is CCNc1ccc(C)cc1OCCOc1cc([N+](=O)[O-])ccc1N. The molecule has 0 unspecified atom stereocenters. The van der Waals surface area contributed by atoms with Gasteiger partial charge in [-0.2, -0.15) is 0 Å². The number of nitrogens with two attached hydrogens (primary N) is 1. The summed E-state index contributed by atoms with van der Waals surface area (Å²) in [5, 5.41) is 14.0. The van der Waals surface area contributed by atoms with Crippen LogP contribution in [0.4, 0.5) is 17.1 Å². The van der Waals surface area contributed by atoms with Crippen LogP contribution >= 0.6 is 0 Å². The van der Waals surface area contributed by atoms with E-state index in [1.807, 2.05) is 32.0 Å². The van der Waals surface area contributed by atoms with Crippen molar-refractivity contribution in [3.8, 4) is 11.5 Å². The molecule has 0 amide bonds. The van der Waals surface area contributed by atoms with E-state index in [1.54, 1.807) is 0 Å². The first-order chi connectivity index (χ1) is 11.5. The molecule has 0 aliphatic carbocycles. The largest absolute Gasteiger partial charge is 0.488 e. The molecular weight excluding hydrogens is 310 g/mol. The molecule has 0 saturated heterocycles. The molecule has 2 rings (SSSR count). The maximum absolute atomic E-state index is 10.8. The van der Waals surface area contributed by atoms with Crippen LogP contribution in [0.3, 0.4) is 0 Å². The lowest BCUT2D eigenvalue weighted by Gasteiger charge is -2.14. The Labute approximate surface area is 140 Å². The van der Waals surface area contributed by atoms with Crippen molar-refractivity contribution in [2.45, 2.75) is 13.8 Å². The van der Waals surface area contributed by atoms with E-state index < -0.39 is 4.92 Å². The van der Waals surface area contributed by atoms with Gasteiger partial charge in [0.1, 0.15) is 24.7 Å². The Morgan fingerprint density at radius 3 is 2.50 bits per heavy atom. The van der Waals surface area contributed by atoms with Gasteiger partial charge in [-0.05, 0) is 37.6 Å². The zero-order valence-electron chi connectivity index (χ0n) is 13.7. The van der Waals surface area contributed by atoms with E-state index >= 15 is 0 Å². The van der Waals surface area contributed by atoms with Crippen LogP contribution in [0.5, 0.6) is 11.5 Å². The Morgan fingerprint density at radius 1 is 1.12 bits per heavy atom. The highest BCUT2D eigenvalue weighted by atomic mass is 16.6. The fourth-order valence-corrected chi connectivity index (χ4v) is 2.15. The Kier molecular flexibility index (Phi) is 5.83. The van der Waals surface area contributed by atoms with Crippen molar-refractivity contribution in [3.05, 3.63) is 52.1 Å². The lowest BCUT2D eigenvalue weighted by atomic mass is 10.2. The molecule has 2 aromatic carbocycles. The second kappa shape index (κ2) is 8.05. The Balaban J connectivity index is 1.95. The summed E-state index contributed by atoms with van der Waals surface area (Å²) in [7, 11) is 0. The average molecular weight is 331 g/mol. The number of nitro benzene ring substituents is 1. The molecule has 0 spiro atoms. The zero-order valence-corrected chi connectivity index (χ0v) is 13.7. The van der Waals surface area contributed by atoms with Crippen LogP contribution in [0.25, 0.3) is 0 Å². The van der Waals surface area contributed by atoms with Crippen LogP contribution in [0.2, 0.25) is 0 Å². The van der Waals surface area contributed by atoms with Gasteiger partial charge in [-0.15, -0.1) is 0 Å². The predicted molar refractivity (Wildman–Crippen MR) is 93.8 cm³/mol. The van der Waals surface area contributed by atoms with Gasteiger partial charge in [0.2, 0.25) is 0 Å². The molecule has 24 heavy (non-hydrogen) atoms. The number of nitro groups is 1. The molecule has 0 heterocycles. The third kappa shape index (κ3) is 4.52. The van der Waals surface area contributed by atoms with Gasteiger partial charge in [-0.1, -0.05) is 6.07 Å². The van der Waals surface area contributed by atoms with E-state index in [-0.39, 0.29) is 18.0 Å². The monoisotopic (exact) mass is 331 g/mol. The first-order valence-corrected chi connectivity index (χ1v) is 7.65. The Morgan fingerprint density at radius 2 is 1.83 bits per heavy atom. The van der Waals surface area contributed by atoms with Gasteiger partial charge in [0.05, 0.1) is 22.4 Å². The highest BCUT2D eigenvalue weighted by Gasteiger charge is 2.10. The molecule has 0 atom stereocenters. The van der Waals surface area contributed by atoms with Crippen molar-refractivity contribution in [1.82, 2.24) is 0 Å². The molecule has 0 aliphatic heterocycles. The summed E-state index contributed by atoms with van der Waals surface area (Å²) in [6, 6.07) is 10.0. The second-order valence-electron chi connectivity index (χ2n) is 5.21. The molecule has 0 fully saturated rings. The number of hydrogen-bond donors (Lipinski definition) is 2. The first-order valence-electron chi connectivity index (χ1n) is 7.65. The third-order valence-corrected chi connectivity index (χ3v) is 3.31. The summed E-state index contributed by atoms with van der Waals surface area (Å²) in [5.41, 5.74) is 8.07. The van der Waals surface area contributed by atoms with Crippen LogP contribution in [-0.4, -0.2) is 24.7 Å². The number of nitrogens with one attached hydrogen (secondary N) is 1. The number of anilines is 2. The Hall–Kier alpha value is -2.96. The molecule has 7 nitrogen and oxygen atoms in total. The van der Waals surface area contributed by atoms with Crippen LogP contribution in [0.15, 0.2) is 36.4 Å². The maximum Gasteiger partial charge on any atom is 0.273 e.